The van der Waals surface area contributed by atoms with E-state index in [-0.39, 0.29) is 30.9 Å². The molecule has 0 saturated heterocycles. The second-order valence-corrected chi connectivity index (χ2v) is 21.0. The fourth-order valence-electron chi connectivity index (χ4n) is 9.87. The Morgan fingerprint density at radius 2 is 0.693 bits per heavy atom. The number of benzene rings is 8. The Kier molecular flexibility index (Phi) is 14.4. The molecule has 364 valence electrons. The monoisotopic (exact) mass is 1140 g/mol. The predicted molar refractivity (Wildman–Crippen MR) is 308 cm³/mol. The minimum atomic E-state index is 0. The molecule has 3 nitrogen and oxygen atoms in total. The number of aromatic nitrogens is 3. The van der Waals surface area contributed by atoms with Gasteiger partial charge < -0.3 is 15.0 Å². The normalized spacial score (nSPS) is 11.5. The molecule has 4 heteroatoms. The summed E-state index contributed by atoms with van der Waals surface area (Å²) in [6.07, 6.45) is 5.65. The second-order valence-electron chi connectivity index (χ2n) is 21.0. The summed E-state index contributed by atoms with van der Waals surface area (Å²) in [7, 11) is 0. The van der Waals surface area contributed by atoms with Crippen LogP contribution in [-0.2, 0) is 30.9 Å². The van der Waals surface area contributed by atoms with Crippen LogP contribution in [0.5, 0.6) is 0 Å². The first-order valence-electron chi connectivity index (χ1n) is 25.4. The molecule has 0 aliphatic heterocycles. The summed E-state index contributed by atoms with van der Waals surface area (Å²) in [5.74, 6) is 0. The number of hydrogen-bond donors (Lipinski definition) is 0. The first-order valence-corrected chi connectivity index (χ1v) is 25.4. The van der Waals surface area contributed by atoms with E-state index in [2.05, 4.69) is 254 Å². The minimum Gasteiger partial charge on any atom is -0.305 e. The fraction of sp³-hybridized carbons (Fsp3) is 0.113. The fourth-order valence-corrected chi connectivity index (χ4v) is 9.87. The van der Waals surface area contributed by atoms with E-state index >= 15 is 0 Å². The van der Waals surface area contributed by atoms with E-state index in [1.54, 1.807) is 0 Å². The van der Waals surface area contributed by atoms with Crippen LogP contribution < -0.4 is 0 Å². The number of nitrogens with zero attached hydrogens (tertiary/aromatic N) is 3. The van der Waals surface area contributed by atoms with Gasteiger partial charge in [0.25, 0.3) is 0 Å². The standard InChI is InChI=1S/C71H56N3.Ir/c1-70(2,3)57-37-40-73-68(46-57)51-31-27-49(28-32-51)59-20-10-12-22-61(59)54-42-55(62-23-13-11-21-60(62)50-29-33-52(34-30-50)69-47-58(38-41-74-69)71(4,5)6)44-56(43-54)63-24-14-15-25-64(63)65-36-35-53(67-26-16-17-39-72-67)45-66(65)48-18-8-7-9-19-48;/h7-31,33,36-47H,1-6H3;/q-3;+3. The minimum absolute atomic E-state index is 0. The van der Waals surface area contributed by atoms with Crippen molar-refractivity contribution in [3.05, 3.63) is 260 Å². The molecule has 8 aromatic carbocycles. The van der Waals surface area contributed by atoms with Crippen LogP contribution in [0.25, 0.3) is 112 Å². The summed E-state index contributed by atoms with van der Waals surface area (Å²) < 4.78 is 0. The van der Waals surface area contributed by atoms with Crippen molar-refractivity contribution in [2.24, 2.45) is 0 Å². The van der Waals surface area contributed by atoms with Gasteiger partial charge in [0, 0.05) is 18.6 Å². The first-order chi connectivity index (χ1) is 35.9. The average Bonchev–Trinajstić information content (AvgIpc) is 3.45. The molecule has 0 fully saturated rings. The topological polar surface area (TPSA) is 38.7 Å². The molecule has 0 N–H and O–H groups in total. The molecule has 0 radical (unpaired) electrons. The van der Waals surface area contributed by atoms with Crippen molar-refractivity contribution in [1.29, 1.82) is 0 Å². The van der Waals surface area contributed by atoms with Crippen LogP contribution in [0.1, 0.15) is 52.7 Å². The molecule has 3 heterocycles. The molecule has 0 atom stereocenters. The third-order valence-electron chi connectivity index (χ3n) is 14.0. The van der Waals surface area contributed by atoms with E-state index in [0.717, 1.165) is 112 Å². The van der Waals surface area contributed by atoms with Crippen LogP contribution in [-0.4, -0.2) is 15.0 Å². The summed E-state index contributed by atoms with van der Waals surface area (Å²) in [5.41, 5.74) is 23.7. The molecule has 11 aromatic rings. The van der Waals surface area contributed by atoms with Crippen LogP contribution >= 0.6 is 0 Å². The molecule has 0 saturated carbocycles. The van der Waals surface area contributed by atoms with Crippen LogP contribution in [0.3, 0.4) is 0 Å². The van der Waals surface area contributed by atoms with Gasteiger partial charge in [0.1, 0.15) is 0 Å². The predicted octanol–water partition coefficient (Wildman–Crippen LogP) is 18.5. The van der Waals surface area contributed by atoms with E-state index in [0.29, 0.717) is 0 Å². The third-order valence-corrected chi connectivity index (χ3v) is 14.0. The maximum Gasteiger partial charge on any atom is 3.00 e. The van der Waals surface area contributed by atoms with Crippen molar-refractivity contribution < 1.29 is 20.1 Å². The third kappa shape index (κ3) is 10.8. The van der Waals surface area contributed by atoms with Crippen LogP contribution in [0, 0.1) is 18.2 Å². The van der Waals surface area contributed by atoms with E-state index in [4.69, 9.17) is 15.0 Å². The van der Waals surface area contributed by atoms with Crippen molar-refractivity contribution in [1.82, 2.24) is 15.0 Å². The van der Waals surface area contributed by atoms with Gasteiger partial charge in [-0.3, -0.25) is 0 Å². The van der Waals surface area contributed by atoms with Crippen LogP contribution in [0.4, 0.5) is 0 Å². The molecule has 3 aromatic heterocycles. The molecule has 0 unspecified atom stereocenters. The molecule has 11 rings (SSSR count). The molecule has 0 bridgehead atoms. The zero-order valence-corrected chi connectivity index (χ0v) is 45.5. The quantitative estimate of drug-likeness (QED) is 0.128. The first kappa shape index (κ1) is 50.4. The summed E-state index contributed by atoms with van der Waals surface area (Å²) >= 11 is 0. The van der Waals surface area contributed by atoms with Gasteiger partial charge in [0.15, 0.2) is 0 Å². The molecule has 0 aliphatic carbocycles. The molecular formula is C71H56IrN3. The summed E-state index contributed by atoms with van der Waals surface area (Å²) in [4.78, 5) is 14.2. The zero-order chi connectivity index (χ0) is 50.8. The van der Waals surface area contributed by atoms with E-state index in [9.17, 15) is 0 Å². The Hall–Kier alpha value is -8.14. The van der Waals surface area contributed by atoms with Gasteiger partial charge >= 0.3 is 20.1 Å². The van der Waals surface area contributed by atoms with Gasteiger partial charge in [-0.15, -0.1) is 83.4 Å². The van der Waals surface area contributed by atoms with E-state index < -0.39 is 0 Å². The van der Waals surface area contributed by atoms with Crippen molar-refractivity contribution in [2.75, 3.05) is 0 Å². The Labute approximate surface area is 456 Å². The van der Waals surface area contributed by atoms with Gasteiger partial charge in [-0.1, -0.05) is 208 Å². The van der Waals surface area contributed by atoms with Gasteiger partial charge in [-0.2, -0.15) is 0 Å². The SMILES string of the molecule is CC(C)(C)c1ccnc(-c2[c-]cc(-c3ccccc3-c3cc(-c4ccccc4-c4c[c-]c(-c5cc(C(C)(C)C)ccn5)cc4)cc(-c4ccccc4-c4c[c-]c(-c5ccccn5)cc4-c4ccccc4)c3)cc2)c1.[Ir+3]. The number of hydrogen-bond acceptors (Lipinski definition) is 3. The summed E-state index contributed by atoms with van der Waals surface area (Å²) in [5, 5.41) is 0. The van der Waals surface area contributed by atoms with Crippen molar-refractivity contribution in [2.45, 2.75) is 52.4 Å². The molecular weight excluding hydrogens is 1090 g/mol. The molecule has 75 heavy (non-hydrogen) atoms. The second kappa shape index (κ2) is 21.4. The molecule has 0 aliphatic rings. The Morgan fingerprint density at radius 3 is 1.13 bits per heavy atom. The maximum absolute atomic E-state index is 4.75. The van der Waals surface area contributed by atoms with Gasteiger partial charge in [0.2, 0.25) is 0 Å². The maximum atomic E-state index is 4.75. The van der Waals surface area contributed by atoms with E-state index in [1.165, 1.54) is 11.1 Å². The van der Waals surface area contributed by atoms with Gasteiger partial charge in [-0.05, 0) is 114 Å². The van der Waals surface area contributed by atoms with Crippen molar-refractivity contribution >= 4 is 0 Å². The Bertz CT molecular complexity index is 3610. The zero-order valence-electron chi connectivity index (χ0n) is 43.1. The average molecular weight is 1140 g/mol. The van der Waals surface area contributed by atoms with Crippen molar-refractivity contribution in [3.63, 3.8) is 0 Å². The molecule has 0 spiro atoms. The summed E-state index contributed by atoms with van der Waals surface area (Å²) in [6, 6.07) is 86.7. The van der Waals surface area contributed by atoms with Crippen LogP contribution in [0.2, 0.25) is 0 Å². The largest absolute Gasteiger partial charge is 3.00 e. The van der Waals surface area contributed by atoms with Gasteiger partial charge in [0.05, 0.1) is 0 Å². The smallest absolute Gasteiger partial charge is 0.305 e. The van der Waals surface area contributed by atoms with Crippen molar-refractivity contribution in [3.8, 4) is 112 Å². The molecule has 0 amide bonds. The van der Waals surface area contributed by atoms with Gasteiger partial charge in [-0.25, -0.2) is 0 Å². The number of rotatable bonds is 10. The Balaban J connectivity index is 0.00000641. The Morgan fingerprint density at radius 1 is 0.280 bits per heavy atom. The summed E-state index contributed by atoms with van der Waals surface area (Å²) in [6.45, 7) is 13.4. The van der Waals surface area contributed by atoms with Crippen LogP contribution in [0.15, 0.2) is 231 Å². The van der Waals surface area contributed by atoms with E-state index in [1.807, 2.05) is 36.8 Å². The number of pyridine rings is 3.